The monoisotopic (exact) mass is 292 g/mol. The van der Waals surface area contributed by atoms with Gasteiger partial charge < -0.3 is 20.1 Å². The van der Waals surface area contributed by atoms with Gasteiger partial charge in [0.15, 0.2) is 0 Å². The number of hydrogen-bond acceptors (Lipinski definition) is 4. The van der Waals surface area contributed by atoms with Gasteiger partial charge in [-0.05, 0) is 38.1 Å². The van der Waals surface area contributed by atoms with Crippen molar-refractivity contribution in [2.24, 2.45) is 0 Å². The van der Waals surface area contributed by atoms with Crippen LogP contribution in [0, 0.1) is 0 Å². The van der Waals surface area contributed by atoms with Crippen LogP contribution in [0.15, 0.2) is 24.3 Å². The Morgan fingerprint density at radius 1 is 1.33 bits per heavy atom. The van der Waals surface area contributed by atoms with E-state index in [1.54, 1.807) is 0 Å². The number of carbonyl (C=O) groups excluding carboxylic acids is 1. The molecule has 0 saturated carbocycles. The van der Waals surface area contributed by atoms with Gasteiger partial charge in [0.2, 0.25) is 0 Å². The quantitative estimate of drug-likeness (QED) is 0.832. The molecule has 1 aromatic rings. The Morgan fingerprint density at radius 3 is 2.52 bits per heavy atom. The molecule has 0 radical (unpaired) electrons. The zero-order valence-corrected chi connectivity index (χ0v) is 12.8. The van der Waals surface area contributed by atoms with Crippen LogP contribution >= 0.6 is 0 Å². The molecule has 5 heteroatoms. The van der Waals surface area contributed by atoms with E-state index in [4.69, 9.17) is 4.74 Å². The number of ether oxygens (including phenoxy) is 1. The first kappa shape index (κ1) is 15.8. The molecule has 1 heterocycles. The number of rotatable bonds is 6. The lowest BCUT2D eigenvalue weighted by atomic mass is 10.0. The van der Waals surface area contributed by atoms with Gasteiger partial charge in [0.25, 0.3) is 5.91 Å². The summed E-state index contributed by atoms with van der Waals surface area (Å²) in [4.78, 5) is 14.3. The lowest BCUT2D eigenvalue weighted by Crippen LogP contribution is -2.43. The smallest absolute Gasteiger partial charge is 0.251 e. The third-order valence-electron chi connectivity index (χ3n) is 3.92. The van der Waals surface area contributed by atoms with Crippen molar-refractivity contribution in [1.82, 2.24) is 5.32 Å². The first-order valence-electron chi connectivity index (χ1n) is 7.51. The normalized spacial score (nSPS) is 21.3. The van der Waals surface area contributed by atoms with Gasteiger partial charge in [0, 0.05) is 43.9 Å². The minimum Gasteiger partial charge on any atom is -0.386 e. The Labute approximate surface area is 125 Å². The van der Waals surface area contributed by atoms with Crippen molar-refractivity contribution in [2.45, 2.75) is 25.9 Å². The van der Waals surface area contributed by atoms with Crippen LogP contribution in [-0.2, 0) is 4.74 Å². The minimum absolute atomic E-state index is 0.165. The highest BCUT2D eigenvalue weighted by atomic mass is 16.5. The van der Waals surface area contributed by atoms with Gasteiger partial charge >= 0.3 is 0 Å². The topological polar surface area (TPSA) is 61.8 Å². The van der Waals surface area contributed by atoms with E-state index in [-0.39, 0.29) is 19.1 Å². The highest BCUT2D eigenvalue weighted by Crippen LogP contribution is 2.18. The number of aliphatic hydroxyl groups is 1. The molecule has 1 aromatic carbocycles. The maximum Gasteiger partial charge on any atom is 0.251 e. The van der Waals surface area contributed by atoms with Crippen molar-refractivity contribution < 1.29 is 14.6 Å². The van der Waals surface area contributed by atoms with Gasteiger partial charge in [-0.15, -0.1) is 0 Å². The van der Waals surface area contributed by atoms with Gasteiger partial charge in [-0.3, -0.25) is 4.79 Å². The molecule has 5 nitrogen and oxygen atoms in total. The second kappa shape index (κ2) is 6.91. The molecular weight excluding hydrogens is 268 g/mol. The van der Waals surface area contributed by atoms with Crippen molar-refractivity contribution in [3.63, 3.8) is 0 Å². The summed E-state index contributed by atoms with van der Waals surface area (Å²) in [5, 5.41) is 12.9. The molecule has 2 rings (SSSR count). The maximum absolute atomic E-state index is 12.1. The van der Waals surface area contributed by atoms with E-state index in [1.165, 1.54) is 0 Å². The van der Waals surface area contributed by atoms with Crippen molar-refractivity contribution in [2.75, 3.05) is 37.7 Å². The van der Waals surface area contributed by atoms with Crippen molar-refractivity contribution in [3.8, 4) is 0 Å². The van der Waals surface area contributed by atoms with Crippen LogP contribution < -0.4 is 10.2 Å². The third kappa shape index (κ3) is 3.95. The molecule has 1 aliphatic rings. The molecule has 2 N–H and O–H groups in total. The van der Waals surface area contributed by atoms with Gasteiger partial charge in [-0.25, -0.2) is 0 Å². The zero-order valence-electron chi connectivity index (χ0n) is 12.8. The van der Waals surface area contributed by atoms with E-state index < -0.39 is 5.60 Å². The molecule has 116 valence electrons. The van der Waals surface area contributed by atoms with Crippen LogP contribution in [0.4, 0.5) is 5.69 Å². The van der Waals surface area contributed by atoms with Crippen LogP contribution in [-0.4, -0.2) is 49.5 Å². The standard InChI is InChI=1S/C16H24N2O3/c1-3-18(4-2)14-7-5-13(6-8-14)15(19)17-11-16(20)9-10-21-12-16/h5-8,20H,3-4,9-12H2,1-2H3,(H,17,19). The number of carbonyl (C=O) groups is 1. The Bertz CT molecular complexity index is 463. The summed E-state index contributed by atoms with van der Waals surface area (Å²) in [6.07, 6.45) is 0.564. The van der Waals surface area contributed by atoms with Gasteiger partial charge in [-0.1, -0.05) is 0 Å². The number of benzene rings is 1. The van der Waals surface area contributed by atoms with Gasteiger partial charge in [0.1, 0.15) is 5.60 Å². The lowest BCUT2D eigenvalue weighted by molar-refractivity contribution is 0.0264. The van der Waals surface area contributed by atoms with Gasteiger partial charge in [0.05, 0.1) is 6.61 Å². The number of nitrogens with zero attached hydrogens (tertiary/aromatic N) is 1. The highest BCUT2D eigenvalue weighted by Gasteiger charge is 2.32. The molecule has 0 spiro atoms. The molecule has 1 fully saturated rings. The molecule has 1 saturated heterocycles. The fourth-order valence-electron chi connectivity index (χ4n) is 2.50. The van der Waals surface area contributed by atoms with Crippen molar-refractivity contribution in [1.29, 1.82) is 0 Å². The Balaban J connectivity index is 1.93. The number of hydrogen-bond donors (Lipinski definition) is 2. The van der Waals surface area contributed by atoms with Crippen molar-refractivity contribution in [3.05, 3.63) is 29.8 Å². The molecule has 1 atom stereocenters. The van der Waals surface area contributed by atoms with Crippen LogP contribution in [0.3, 0.4) is 0 Å². The fourth-order valence-corrected chi connectivity index (χ4v) is 2.50. The summed E-state index contributed by atoms with van der Waals surface area (Å²) in [7, 11) is 0. The fraction of sp³-hybridized carbons (Fsp3) is 0.562. The molecular formula is C16H24N2O3. The first-order valence-corrected chi connectivity index (χ1v) is 7.51. The SMILES string of the molecule is CCN(CC)c1ccc(C(=O)NCC2(O)CCOC2)cc1. The first-order chi connectivity index (χ1) is 10.1. The molecule has 1 unspecified atom stereocenters. The van der Waals surface area contributed by atoms with Crippen LogP contribution in [0.5, 0.6) is 0 Å². The largest absolute Gasteiger partial charge is 0.386 e. The number of amides is 1. The van der Waals surface area contributed by atoms with E-state index >= 15 is 0 Å². The van der Waals surface area contributed by atoms with E-state index in [0.29, 0.717) is 18.6 Å². The third-order valence-corrected chi connectivity index (χ3v) is 3.92. The van der Waals surface area contributed by atoms with E-state index in [9.17, 15) is 9.90 Å². The molecule has 1 aliphatic heterocycles. The summed E-state index contributed by atoms with van der Waals surface area (Å²) < 4.78 is 5.16. The molecule has 0 aliphatic carbocycles. The highest BCUT2D eigenvalue weighted by molar-refractivity contribution is 5.94. The predicted octanol–water partition coefficient (Wildman–Crippen LogP) is 1.41. The second-order valence-corrected chi connectivity index (χ2v) is 5.43. The van der Waals surface area contributed by atoms with Crippen LogP contribution in [0.25, 0.3) is 0 Å². The predicted molar refractivity (Wildman–Crippen MR) is 82.7 cm³/mol. The average Bonchev–Trinajstić information content (AvgIpc) is 2.94. The summed E-state index contributed by atoms with van der Waals surface area (Å²) >= 11 is 0. The van der Waals surface area contributed by atoms with Crippen LogP contribution in [0.1, 0.15) is 30.6 Å². The zero-order chi connectivity index (χ0) is 15.3. The van der Waals surface area contributed by atoms with E-state index in [2.05, 4.69) is 24.1 Å². The summed E-state index contributed by atoms with van der Waals surface area (Å²) in [5.41, 5.74) is 0.796. The van der Waals surface area contributed by atoms with E-state index in [0.717, 1.165) is 18.8 Å². The molecule has 0 bridgehead atoms. The molecule has 0 aromatic heterocycles. The Morgan fingerprint density at radius 2 is 2.00 bits per heavy atom. The lowest BCUT2D eigenvalue weighted by Gasteiger charge is -2.22. The van der Waals surface area contributed by atoms with E-state index in [1.807, 2.05) is 24.3 Å². The second-order valence-electron chi connectivity index (χ2n) is 5.43. The summed E-state index contributed by atoms with van der Waals surface area (Å²) in [5.74, 6) is -0.165. The average molecular weight is 292 g/mol. The maximum atomic E-state index is 12.1. The van der Waals surface area contributed by atoms with Gasteiger partial charge in [-0.2, -0.15) is 0 Å². The number of nitrogens with one attached hydrogen (secondary N) is 1. The summed E-state index contributed by atoms with van der Waals surface area (Å²) in [6, 6.07) is 7.54. The number of anilines is 1. The Kier molecular flexibility index (Phi) is 5.20. The van der Waals surface area contributed by atoms with Crippen LogP contribution in [0.2, 0.25) is 0 Å². The minimum atomic E-state index is -0.920. The molecule has 1 amide bonds. The van der Waals surface area contributed by atoms with Crippen molar-refractivity contribution >= 4 is 11.6 Å². The molecule has 21 heavy (non-hydrogen) atoms. The Hall–Kier alpha value is -1.59. The summed E-state index contributed by atoms with van der Waals surface area (Å²) in [6.45, 7) is 7.15.